The van der Waals surface area contributed by atoms with Gasteiger partial charge in [0.25, 0.3) is 0 Å². The zero-order valence-corrected chi connectivity index (χ0v) is 18.7. The van der Waals surface area contributed by atoms with Crippen LogP contribution in [0.25, 0.3) is 22.5 Å². The molecular formula is C24H16F6N6O. The first-order valence-corrected chi connectivity index (χ1v) is 10.9. The van der Waals surface area contributed by atoms with Crippen LogP contribution < -0.4 is 5.32 Å². The Bertz CT molecular complexity index is 1430. The molecule has 0 unspecified atom stereocenters. The molecule has 1 saturated carbocycles. The molecule has 5 rings (SSSR count). The number of benzene rings is 2. The molecule has 190 valence electrons. The number of H-pyrrole nitrogens is 1. The van der Waals surface area contributed by atoms with E-state index in [4.69, 9.17) is 0 Å². The molecule has 2 aromatic heterocycles. The second-order valence-electron chi connectivity index (χ2n) is 8.55. The summed E-state index contributed by atoms with van der Waals surface area (Å²) in [7, 11) is 0. The number of nitrogens with one attached hydrogen (secondary N) is 2. The molecule has 2 aromatic carbocycles. The third-order valence-electron chi connectivity index (χ3n) is 6.19. The molecule has 0 aliphatic heterocycles. The Labute approximate surface area is 204 Å². The highest BCUT2D eigenvalue weighted by atomic mass is 19.4. The number of carbonyl (C=O) groups is 1. The number of alkyl halides is 6. The van der Waals surface area contributed by atoms with E-state index in [1.165, 1.54) is 18.2 Å². The number of hydrogen-bond donors (Lipinski definition) is 2. The molecule has 2 N–H and O–H groups in total. The van der Waals surface area contributed by atoms with Crippen LogP contribution in [-0.2, 0) is 22.6 Å². The minimum Gasteiger partial charge on any atom is -0.325 e. The van der Waals surface area contributed by atoms with Gasteiger partial charge in [-0.3, -0.25) is 9.78 Å². The van der Waals surface area contributed by atoms with Crippen LogP contribution in [-0.4, -0.2) is 31.5 Å². The van der Waals surface area contributed by atoms with Gasteiger partial charge in [-0.25, -0.2) is 5.10 Å². The van der Waals surface area contributed by atoms with E-state index >= 15 is 0 Å². The normalized spacial score (nSPS) is 14.9. The lowest BCUT2D eigenvalue weighted by molar-refractivity contribution is -0.141. The minimum atomic E-state index is -4.59. The van der Waals surface area contributed by atoms with Gasteiger partial charge in [0, 0.05) is 23.0 Å². The van der Waals surface area contributed by atoms with Crippen molar-refractivity contribution in [2.24, 2.45) is 0 Å². The maximum absolute atomic E-state index is 13.2. The molecule has 0 atom stereocenters. The molecule has 0 saturated heterocycles. The maximum atomic E-state index is 13.2. The molecule has 1 fully saturated rings. The largest absolute Gasteiger partial charge is 0.433 e. The molecule has 2 heterocycles. The predicted octanol–water partition coefficient (Wildman–Crippen LogP) is 5.64. The van der Waals surface area contributed by atoms with E-state index in [0.29, 0.717) is 40.8 Å². The number of hydrogen-bond acceptors (Lipinski definition) is 5. The third kappa shape index (κ3) is 4.76. The summed E-state index contributed by atoms with van der Waals surface area (Å²) in [4.78, 5) is 16.7. The SMILES string of the molecule is O=C(Nc1ccc(-c2ccc(C(F)(F)F)nc2)c(-c2nnn[nH]2)c1)C1(c2ccc(C(F)(F)F)cc2)CC1. The van der Waals surface area contributed by atoms with Crippen LogP contribution >= 0.6 is 0 Å². The van der Waals surface area contributed by atoms with E-state index in [1.54, 1.807) is 18.2 Å². The predicted molar refractivity (Wildman–Crippen MR) is 119 cm³/mol. The average molecular weight is 518 g/mol. The van der Waals surface area contributed by atoms with Crippen LogP contribution in [0.2, 0.25) is 0 Å². The molecule has 1 aliphatic carbocycles. The Morgan fingerprint density at radius 2 is 1.62 bits per heavy atom. The fraction of sp³-hybridized carbons (Fsp3) is 0.208. The van der Waals surface area contributed by atoms with Crippen molar-refractivity contribution in [3.8, 4) is 22.5 Å². The number of tetrazole rings is 1. The average Bonchev–Trinajstić information content (AvgIpc) is 3.49. The maximum Gasteiger partial charge on any atom is 0.433 e. The van der Waals surface area contributed by atoms with Crippen molar-refractivity contribution in [2.45, 2.75) is 30.6 Å². The number of aromatic nitrogens is 5. The van der Waals surface area contributed by atoms with Crippen molar-refractivity contribution in [3.63, 3.8) is 0 Å². The molecule has 0 bridgehead atoms. The summed E-state index contributed by atoms with van der Waals surface area (Å²) >= 11 is 0. The lowest BCUT2D eigenvalue weighted by Crippen LogP contribution is -2.28. The van der Waals surface area contributed by atoms with E-state index in [1.807, 2.05) is 0 Å². The van der Waals surface area contributed by atoms with Crippen molar-refractivity contribution in [1.82, 2.24) is 25.6 Å². The summed E-state index contributed by atoms with van der Waals surface area (Å²) in [5.74, 6) is -0.187. The van der Waals surface area contributed by atoms with Gasteiger partial charge in [-0.15, -0.1) is 5.10 Å². The Balaban J connectivity index is 1.43. The minimum absolute atomic E-state index is 0.204. The zero-order valence-electron chi connectivity index (χ0n) is 18.7. The second kappa shape index (κ2) is 8.68. The molecule has 1 amide bonds. The van der Waals surface area contributed by atoms with Crippen molar-refractivity contribution in [2.75, 3.05) is 5.32 Å². The molecule has 0 radical (unpaired) electrons. The van der Waals surface area contributed by atoms with E-state index in [0.717, 1.165) is 24.4 Å². The van der Waals surface area contributed by atoms with Crippen LogP contribution in [0, 0.1) is 0 Å². The number of pyridine rings is 1. The number of carbonyl (C=O) groups excluding carboxylic acids is 1. The van der Waals surface area contributed by atoms with Gasteiger partial charge in [-0.1, -0.05) is 24.3 Å². The smallest absolute Gasteiger partial charge is 0.325 e. The van der Waals surface area contributed by atoms with Crippen molar-refractivity contribution < 1.29 is 31.1 Å². The number of aromatic amines is 1. The Kier molecular flexibility index (Phi) is 5.72. The number of halogens is 6. The highest BCUT2D eigenvalue weighted by molar-refractivity contribution is 6.02. The third-order valence-corrected chi connectivity index (χ3v) is 6.19. The van der Waals surface area contributed by atoms with Gasteiger partial charge in [0.15, 0.2) is 5.82 Å². The highest BCUT2D eigenvalue weighted by Gasteiger charge is 2.51. The second-order valence-corrected chi connectivity index (χ2v) is 8.55. The Morgan fingerprint density at radius 3 is 2.16 bits per heavy atom. The van der Waals surface area contributed by atoms with Gasteiger partial charge in [-0.2, -0.15) is 26.3 Å². The molecule has 1 aliphatic rings. The van der Waals surface area contributed by atoms with Crippen LogP contribution in [0.1, 0.15) is 29.7 Å². The molecule has 13 heteroatoms. The first kappa shape index (κ1) is 24.4. The molecule has 7 nitrogen and oxygen atoms in total. The lowest BCUT2D eigenvalue weighted by Gasteiger charge is -2.18. The van der Waals surface area contributed by atoms with Crippen molar-refractivity contribution >= 4 is 11.6 Å². The highest BCUT2D eigenvalue weighted by Crippen LogP contribution is 2.49. The number of rotatable bonds is 5. The van der Waals surface area contributed by atoms with E-state index in [-0.39, 0.29) is 5.82 Å². The molecule has 37 heavy (non-hydrogen) atoms. The first-order valence-electron chi connectivity index (χ1n) is 10.9. The van der Waals surface area contributed by atoms with Crippen molar-refractivity contribution in [3.05, 3.63) is 77.6 Å². The summed E-state index contributed by atoms with van der Waals surface area (Å²) in [6, 6.07) is 11.3. The number of amides is 1. The van der Waals surface area contributed by atoms with Gasteiger partial charge < -0.3 is 5.32 Å². The van der Waals surface area contributed by atoms with E-state index in [9.17, 15) is 31.1 Å². The summed E-state index contributed by atoms with van der Waals surface area (Å²) < 4.78 is 77.5. The number of anilines is 1. The summed E-state index contributed by atoms with van der Waals surface area (Å²) in [5, 5.41) is 16.3. The summed E-state index contributed by atoms with van der Waals surface area (Å²) in [5.41, 5.74) is -0.754. The topological polar surface area (TPSA) is 96.5 Å². The van der Waals surface area contributed by atoms with E-state index in [2.05, 4.69) is 30.9 Å². The van der Waals surface area contributed by atoms with Gasteiger partial charge in [0.1, 0.15) is 5.69 Å². The van der Waals surface area contributed by atoms with Gasteiger partial charge >= 0.3 is 12.4 Å². The summed E-state index contributed by atoms with van der Waals surface area (Å²) in [6.45, 7) is 0. The zero-order chi connectivity index (χ0) is 26.4. The quantitative estimate of drug-likeness (QED) is 0.334. The van der Waals surface area contributed by atoms with Crippen molar-refractivity contribution in [1.29, 1.82) is 0 Å². The van der Waals surface area contributed by atoms with Crippen LogP contribution in [0.4, 0.5) is 32.0 Å². The molecular weight excluding hydrogens is 502 g/mol. The lowest BCUT2D eigenvalue weighted by atomic mass is 9.93. The fourth-order valence-corrected chi connectivity index (χ4v) is 4.06. The molecule has 4 aromatic rings. The van der Waals surface area contributed by atoms with Gasteiger partial charge in [0.05, 0.1) is 11.0 Å². The standard InChI is InChI=1S/C24H16F6N6O/c25-23(26,27)15-4-2-14(3-5-15)22(9-10-22)21(37)32-16-6-7-17(18(11-16)20-33-35-36-34-20)13-1-8-19(31-12-13)24(28,29)30/h1-8,11-12H,9-10H2,(H,32,37)(H,33,34,35,36). The fourth-order valence-electron chi connectivity index (χ4n) is 4.06. The van der Waals surface area contributed by atoms with E-state index < -0.39 is 34.9 Å². The Hall–Kier alpha value is -4.29. The monoisotopic (exact) mass is 518 g/mol. The van der Waals surface area contributed by atoms with Crippen LogP contribution in [0.3, 0.4) is 0 Å². The summed E-state index contributed by atoms with van der Waals surface area (Å²) in [6.07, 6.45) is -7.05. The van der Waals surface area contributed by atoms with Gasteiger partial charge in [0.2, 0.25) is 5.91 Å². The van der Waals surface area contributed by atoms with Crippen LogP contribution in [0.5, 0.6) is 0 Å². The van der Waals surface area contributed by atoms with Gasteiger partial charge in [-0.05, 0) is 64.7 Å². The number of nitrogens with zero attached hydrogens (tertiary/aromatic N) is 4. The van der Waals surface area contributed by atoms with Crippen LogP contribution in [0.15, 0.2) is 60.8 Å². The Morgan fingerprint density at radius 1 is 0.892 bits per heavy atom. The first-order chi connectivity index (χ1) is 17.5. The molecule has 0 spiro atoms.